The average Bonchev–Trinajstić information content (AvgIpc) is 2.68. The highest BCUT2D eigenvalue weighted by Crippen LogP contribution is 2.44. The van der Waals surface area contributed by atoms with Crippen LogP contribution in [0.3, 0.4) is 0 Å². The van der Waals surface area contributed by atoms with Crippen LogP contribution < -0.4 is 10.2 Å². The largest absolute Gasteiger partial charge is 0.481 e. The van der Waals surface area contributed by atoms with Crippen LogP contribution in [-0.4, -0.2) is 36.0 Å². The molecule has 130 valence electrons. The first-order chi connectivity index (χ1) is 11.2. The van der Waals surface area contributed by atoms with Crippen molar-refractivity contribution >= 4 is 39.4 Å². The molecule has 1 aliphatic rings. The van der Waals surface area contributed by atoms with Crippen LogP contribution in [0.25, 0.3) is 0 Å². The number of carbonyl (C=O) groups excluding carboxylic acids is 2. The Morgan fingerprint density at radius 1 is 1.38 bits per heavy atom. The molecule has 1 aromatic rings. The molecule has 1 aliphatic heterocycles. The van der Waals surface area contributed by atoms with Crippen LogP contribution in [0.15, 0.2) is 16.6 Å². The Bertz CT molecular complexity index is 706. The van der Waals surface area contributed by atoms with Crippen LogP contribution in [0.1, 0.15) is 32.3 Å². The first-order valence-corrected chi connectivity index (χ1v) is 8.24. The van der Waals surface area contributed by atoms with Crippen LogP contribution in [0.5, 0.6) is 0 Å². The molecule has 2 N–H and O–H groups in total. The third-order valence-electron chi connectivity index (χ3n) is 3.96. The number of fused-ring (bicyclic) bond motifs is 1. The molecule has 0 radical (unpaired) electrons. The fourth-order valence-corrected chi connectivity index (χ4v) is 3.07. The second-order valence-electron chi connectivity index (χ2n) is 6.12. The van der Waals surface area contributed by atoms with Gasteiger partial charge in [-0.25, -0.2) is 4.39 Å². The van der Waals surface area contributed by atoms with E-state index in [9.17, 15) is 18.8 Å². The van der Waals surface area contributed by atoms with E-state index in [4.69, 9.17) is 5.11 Å². The van der Waals surface area contributed by atoms with Gasteiger partial charge in [0.25, 0.3) is 0 Å². The van der Waals surface area contributed by atoms with Gasteiger partial charge in [-0.1, -0.05) is 0 Å². The van der Waals surface area contributed by atoms with E-state index in [1.54, 1.807) is 19.9 Å². The van der Waals surface area contributed by atoms with Crippen molar-refractivity contribution in [2.75, 3.05) is 18.0 Å². The topological polar surface area (TPSA) is 86.7 Å². The number of amides is 2. The van der Waals surface area contributed by atoms with Crippen LogP contribution >= 0.6 is 15.9 Å². The van der Waals surface area contributed by atoms with E-state index in [0.717, 1.165) is 0 Å². The summed E-state index contributed by atoms with van der Waals surface area (Å²) in [6.07, 6.45) is 0.261. The molecule has 2 amide bonds. The van der Waals surface area contributed by atoms with Gasteiger partial charge in [-0.3, -0.25) is 14.4 Å². The van der Waals surface area contributed by atoms with Crippen molar-refractivity contribution in [3.63, 3.8) is 0 Å². The lowest BCUT2D eigenvalue weighted by Crippen LogP contribution is -2.43. The molecule has 24 heavy (non-hydrogen) atoms. The molecule has 1 aromatic carbocycles. The van der Waals surface area contributed by atoms with E-state index >= 15 is 0 Å². The van der Waals surface area contributed by atoms with E-state index in [2.05, 4.69) is 21.2 Å². The zero-order valence-electron chi connectivity index (χ0n) is 13.4. The Morgan fingerprint density at radius 3 is 2.67 bits per heavy atom. The fraction of sp³-hybridized carbons (Fsp3) is 0.438. The summed E-state index contributed by atoms with van der Waals surface area (Å²) in [6.45, 7) is 3.21. The number of anilines is 1. The Labute approximate surface area is 147 Å². The van der Waals surface area contributed by atoms with Gasteiger partial charge in [-0.05, 0) is 48.3 Å². The highest BCUT2D eigenvalue weighted by atomic mass is 79.9. The summed E-state index contributed by atoms with van der Waals surface area (Å²) < 4.78 is 14.7. The minimum atomic E-state index is -1.06. The van der Waals surface area contributed by atoms with Crippen molar-refractivity contribution in [2.45, 2.75) is 32.1 Å². The summed E-state index contributed by atoms with van der Waals surface area (Å²) in [7, 11) is 0. The van der Waals surface area contributed by atoms with Crippen molar-refractivity contribution in [1.82, 2.24) is 5.32 Å². The Hall–Kier alpha value is -1.96. The third kappa shape index (κ3) is 3.43. The van der Waals surface area contributed by atoms with Gasteiger partial charge in [0.1, 0.15) is 12.4 Å². The van der Waals surface area contributed by atoms with Crippen molar-refractivity contribution in [3.8, 4) is 0 Å². The molecule has 0 saturated heterocycles. The molecular formula is C16H18BrFN2O4. The van der Waals surface area contributed by atoms with E-state index < -0.39 is 23.1 Å². The van der Waals surface area contributed by atoms with Gasteiger partial charge in [-0.2, -0.15) is 0 Å². The summed E-state index contributed by atoms with van der Waals surface area (Å²) in [6, 6.07) is 3.10. The standard InChI is InChI=1S/C16H18BrFN2O4/c1-16(2)13-10(6-5-9(17)14(13)18)20(15(16)24)8-11(21)19-7-3-4-12(22)23/h5-6H,3-4,7-8H2,1-2H3,(H,19,21)(H,22,23). The molecule has 1 heterocycles. The number of carboxylic acid groups (broad SMARTS) is 1. The summed E-state index contributed by atoms with van der Waals surface area (Å²) in [5.41, 5.74) is -0.417. The maximum Gasteiger partial charge on any atom is 0.303 e. The lowest BCUT2D eigenvalue weighted by atomic mass is 9.86. The maximum absolute atomic E-state index is 14.4. The summed E-state index contributed by atoms with van der Waals surface area (Å²) >= 11 is 3.11. The molecular weight excluding hydrogens is 383 g/mol. The lowest BCUT2D eigenvalue weighted by Gasteiger charge is -2.20. The number of nitrogens with zero attached hydrogens (tertiary/aromatic N) is 1. The SMILES string of the molecule is CC1(C)C(=O)N(CC(=O)NCCCC(=O)O)c2ccc(Br)c(F)c21. The number of halogens is 2. The minimum absolute atomic E-state index is 0.0436. The Morgan fingerprint density at radius 2 is 2.04 bits per heavy atom. The first-order valence-electron chi connectivity index (χ1n) is 7.45. The number of nitrogens with one attached hydrogen (secondary N) is 1. The summed E-state index contributed by atoms with van der Waals surface area (Å²) in [5.74, 6) is -2.21. The number of hydrogen-bond acceptors (Lipinski definition) is 3. The normalized spacial score (nSPS) is 15.3. The molecule has 0 aliphatic carbocycles. The van der Waals surface area contributed by atoms with E-state index in [1.807, 2.05) is 0 Å². The van der Waals surface area contributed by atoms with E-state index in [1.165, 1.54) is 11.0 Å². The van der Waals surface area contributed by atoms with Gasteiger partial charge in [0.05, 0.1) is 15.6 Å². The van der Waals surface area contributed by atoms with Crippen LogP contribution in [0, 0.1) is 5.82 Å². The molecule has 0 spiro atoms. The van der Waals surface area contributed by atoms with Crippen molar-refractivity contribution in [1.29, 1.82) is 0 Å². The highest BCUT2D eigenvalue weighted by Gasteiger charge is 2.46. The van der Waals surface area contributed by atoms with Gasteiger partial charge in [-0.15, -0.1) is 0 Å². The molecule has 0 unspecified atom stereocenters. The number of carbonyl (C=O) groups is 3. The number of aliphatic carboxylic acids is 1. The first kappa shape index (κ1) is 18.4. The van der Waals surface area contributed by atoms with Crippen molar-refractivity contribution in [3.05, 3.63) is 28.0 Å². The zero-order chi connectivity index (χ0) is 18.1. The number of carboxylic acids is 1. The number of benzene rings is 1. The van der Waals surface area contributed by atoms with E-state index in [0.29, 0.717) is 12.1 Å². The Kier molecular flexibility index (Phi) is 5.27. The predicted molar refractivity (Wildman–Crippen MR) is 89.4 cm³/mol. The minimum Gasteiger partial charge on any atom is -0.481 e. The van der Waals surface area contributed by atoms with Crippen molar-refractivity contribution in [2.24, 2.45) is 0 Å². The maximum atomic E-state index is 14.4. The third-order valence-corrected chi connectivity index (χ3v) is 4.57. The molecule has 6 nitrogen and oxygen atoms in total. The quantitative estimate of drug-likeness (QED) is 0.716. The summed E-state index contributed by atoms with van der Waals surface area (Å²) in [4.78, 5) is 36.3. The second kappa shape index (κ2) is 6.88. The average molecular weight is 401 g/mol. The molecule has 0 bridgehead atoms. The fourth-order valence-electron chi connectivity index (χ4n) is 2.74. The van der Waals surface area contributed by atoms with Crippen LogP contribution in [-0.2, 0) is 19.8 Å². The predicted octanol–water partition coefficient (Wildman–Crippen LogP) is 2.19. The molecule has 8 heteroatoms. The van der Waals surface area contributed by atoms with Gasteiger partial charge in [0.2, 0.25) is 11.8 Å². The monoisotopic (exact) mass is 400 g/mol. The van der Waals surface area contributed by atoms with Gasteiger partial charge in [0, 0.05) is 18.5 Å². The lowest BCUT2D eigenvalue weighted by molar-refractivity contribution is -0.137. The van der Waals surface area contributed by atoms with Crippen molar-refractivity contribution < 1.29 is 23.9 Å². The number of rotatable bonds is 6. The smallest absolute Gasteiger partial charge is 0.303 e. The van der Waals surface area contributed by atoms with Gasteiger partial charge >= 0.3 is 5.97 Å². The summed E-state index contributed by atoms with van der Waals surface area (Å²) in [5, 5.41) is 11.1. The van der Waals surface area contributed by atoms with Gasteiger partial charge in [0.15, 0.2) is 0 Å². The van der Waals surface area contributed by atoms with E-state index in [-0.39, 0.29) is 35.5 Å². The van der Waals surface area contributed by atoms with Crippen LogP contribution in [0.4, 0.5) is 10.1 Å². The van der Waals surface area contributed by atoms with Crippen LogP contribution in [0.2, 0.25) is 0 Å². The highest BCUT2D eigenvalue weighted by molar-refractivity contribution is 9.10. The molecule has 0 atom stereocenters. The number of hydrogen-bond donors (Lipinski definition) is 2. The Balaban J connectivity index is 2.13. The molecule has 0 aromatic heterocycles. The van der Waals surface area contributed by atoms with Gasteiger partial charge < -0.3 is 15.3 Å². The second-order valence-corrected chi connectivity index (χ2v) is 6.97. The zero-order valence-corrected chi connectivity index (χ0v) is 14.9. The molecule has 0 saturated carbocycles. The molecule has 2 rings (SSSR count). The molecule has 0 fully saturated rings.